The lowest BCUT2D eigenvalue weighted by molar-refractivity contribution is 0.608. The second-order valence-electron chi connectivity index (χ2n) is 4.91. The van der Waals surface area contributed by atoms with Gasteiger partial charge in [0.2, 0.25) is 0 Å². The summed E-state index contributed by atoms with van der Waals surface area (Å²) in [5.74, 6) is 0.845. The molecule has 0 fully saturated rings. The summed E-state index contributed by atoms with van der Waals surface area (Å²) in [4.78, 5) is 4.47. The minimum absolute atomic E-state index is 0.175. The van der Waals surface area contributed by atoms with Crippen LogP contribution in [0, 0.1) is 6.92 Å². The lowest BCUT2D eigenvalue weighted by atomic mass is 10.2. The Kier molecular flexibility index (Phi) is 3.30. The summed E-state index contributed by atoms with van der Waals surface area (Å²) in [5, 5.41) is 0.638. The average molecular weight is 324 g/mol. The first-order chi connectivity index (χ1) is 9.89. The molecule has 0 saturated carbocycles. The van der Waals surface area contributed by atoms with Crippen LogP contribution in [0.2, 0.25) is 0 Å². The third-order valence-corrected chi connectivity index (χ3v) is 5.10. The van der Waals surface area contributed by atoms with Gasteiger partial charge in [0, 0.05) is 41.2 Å². The number of hydrogen-bond donors (Lipinski definition) is 0. The van der Waals surface area contributed by atoms with Gasteiger partial charge in [-0.15, -0.1) is 0 Å². The molecule has 3 aromatic rings. The molecule has 2 heterocycles. The van der Waals surface area contributed by atoms with Crippen molar-refractivity contribution in [1.29, 1.82) is 0 Å². The first-order valence-electron chi connectivity index (χ1n) is 6.38. The van der Waals surface area contributed by atoms with Gasteiger partial charge in [-0.1, -0.05) is 18.2 Å². The zero-order valence-electron chi connectivity index (χ0n) is 11.6. The molecule has 0 bridgehead atoms. The molecule has 0 N–H and O–H groups in total. The van der Waals surface area contributed by atoms with E-state index in [9.17, 15) is 8.42 Å². The molecule has 0 radical (unpaired) electrons. The molecular formula is C14H14ClN3O2S. The molecule has 0 amide bonds. The fraction of sp³-hybridized carbons (Fsp3) is 0.214. The van der Waals surface area contributed by atoms with E-state index in [0.29, 0.717) is 17.6 Å². The van der Waals surface area contributed by atoms with Crippen molar-refractivity contribution >= 4 is 30.6 Å². The molecule has 0 spiro atoms. The summed E-state index contributed by atoms with van der Waals surface area (Å²) in [6.45, 7) is 2.25. The Labute approximate surface area is 127 Å². The Morgan fingerprint density at radius 2 is 2.00 bits per heavy atom. The van der Waals surface area contributed by atoms with Gasteiger partial charge in [-0.3, -0.25) is 0 Å². The Morgan fingerprint density at radius 3 is 2.62 bits per heavy atom. The monoisotopic (exact) mass is 323 g/mol. The van der Waals surface area contributed by atoms with E-state index >= 15 is 0 Å². The molecule has 0 aliphatic heterocycles. The summed E-state index contributed by atoms with van der Waals surface area (Å²) >= 11 is 0. The van der Waals surface area contributed by atoms with Gasteiger partial charge in [-0.2, -0.15) is 0 Å². The molecule has 0 aliphatic carbocycles. The number of aromatic nitrogens is 3. The first kappa shape index (κ1) is 14.2. The molecule has 21 heavy (non-hydrogen) atoms. The van der Waals surface area contributed by atoms with Crippen LogP contribution >= 0.6 is 10.7 Å². The van der Waals surface area contributed by atoms with Crippen molar-refractivity contribution in [2.24, 2.45) is 7.05 Å². The maximum absolute atomic E-state index is 11.9. The number of hydrogen-bond acceptors (Lipinski definition) is 3. The molecule has 0 unspecified atom stereocenters. The van der Waals surface area contributed by atoms with Crippen LogP contribution in [0.3, 0.4) is 0 Å². The molecule has 1 aromatic carbocycles. The van der Waals surface area contributed by atoms with Crippen LogP contribution in [-0.2, 0) is 22.6 Å². The minimum Gasteiger partial charge on any atom is -0.337 e. The smallest absolute Gasteiger partial charge is 0.263 e. The quantitative estimate of drug-likeness (QED) is 0.696. The average Bonchev–Trinajstić information content (AvgIpc) is 2.92. The second kappa shape index (κ2) is 4.89. The van der Waals surface area contributed by atoms with Crippen molar-refractivity contribution in [2.75, 3.05) is 0 Å². The maximum Gasteiger partial charge on any atom is 0.263 e. The molecule has 0 aliphatic rings. The van der Waals surface area contributed by atoms with Crippen LogP contribution < -0.4 is 0 Å². The van der Waals surface area contributed by atoms with Crippen LogP contribution in [0.15, 0.2) is 41.6 Å². The molecule has 7 heteroatoms. The van der Waals surface area contributed by atoms with Crippen LogP contribution in [-0.4, -0.2) is 22.5 Å². The summed E-state index contributed by atoms with van der Waals surface area (Å²) in [7, 11) is 3.71. The van der Waals surface area contributed by atoms with Crippen molar-refractivity contribution in [3.05, 3.63) is 48.2 Å². The standard InChI is InChI=1S/C14H14ClN3O2S/c1-10-14(21(15,19)20)11-5-3-4-6-12(11)18(10)9-13-16-7-8-17(13)2/h3-8H,9H2,1-2H3. The second-order valence-corrected chi connectivity index (χ2v) is 7.41. The molecule has 0 atom stereocenters. The van der Waals surface area contributed by atoms with E-state index in [1.807, 2.05) is 34.5 Å². The molecule has 110 valence electrons. The van der Waals surface area contributed by atoms with Gasteiger partial charge in [-0.05, 0) is 13.0 Å². The van der Waals surface area contributed by atoms with Crippen LogP contribution in [0.4, 0.5) is 0 Å². The highest BCUT2D eigenvalue weighted by Gasteiger charge is 2.23. The number of fused-ring (bicyclic) bond motifs is 1. The van der Waals surface area contributed by atoms with E-state index in [2.05, 4.69) is 4.98 Å². The molecular weight excluding hydrogens is 310 g/mol. The highest BCUT2D eigenvalue weighted by atomic mass is 35.7. The number of halogens is 1. The molecule has 2 aromatic heterocycles. The lowest BCUT2D eigenvalue weighted by Gasteiger charge is -2.08. The summed E-state index contributed by atoms with van der Waals surface area (Å²) in [6.07, 6.45) is 3.57. The van der Waals surface area contributed by atoms with E-state index < -0.39 is 9.05 Å². The Hall–Kier alpha value is -1.79. The van der Waals surface area contributed by atoms with Crippen LogP contribution in [0.5, 0.6) is 0 Å². The molecule has 5 nitrogen and oxygen atoms in total. The Bertz CT molecular complexity index is 925. The highest BCUT2D eigenvalue weighted by Crippen LogP contribution is 2.32. The van der Waals surface area contributed by atoms with Crippen molar-refractivity contribution in [1.82, 2.24) is 14.1 Å². The van der Waals surface area contributed by atoms with Crippen molar-refractivity contribution in [3.63, 3.8) is 0 Å². The van der Waals surface area contributed by atoms with Gasteiger partial charge >= 0.3 is 0 Å². The van der Waals surface area contributed by atoms with E-state index in [4.69, 9.17) is 10.7 Å². The Balaban J connectivity index is 2.29. The summed E-state index contributed by atoms with van der Waals surface area (Å²) < 4.78 is 27.6. The fourth-order valence-electron chi connectivity index (χ4n) is 2.60. The summed E-state index contributed by atoms with van der Waals surface area (Å²) in [6, 6.07) is 7.34. The SMILES string of the molecule is Cc1c(S(=O)(=O)Cl)c2ccccc2n1Cc1nccn1C. The van der Waals surface area contributed by atoms with Crippen molar-refractivity contribution < 1.29 is 8.42 Å². The number of para-hydroxylation sites is 1. The summed E-state index contributed by atoms with van der Waals surface area (Å²) in [5.41, 5.74) is 1.45. The number of imidazole rings is 1. The highest BCUT2D eigenvalue weighted by molar-refractivity contribution is 8.14. The topological polar surface area (TPSA) is 56.9 Å². The van der Waals surface area contributed by atoms with Gasteiger partial charge in [0.05, 0.1) is 12.1 Å². The third kappa shape index (κ3) is 2.34. The predicted octanol–water partition coefficient (Wildman–Crippen LogP) is 2.66. The maximum atomic E-state index is 11.9. The minimum atomic E-state index is -3.80. The number of aryl methyl sites for hydroxylation is 1. The number of nitrogens with zero attached hydrogens (tertiary/aromatic N) is 3. The zero-order chi connectivity index (χ0) is 15.2. The van der Waals surface area contributed by atoms with E-state index in [0.717, 1.165) is 11.3 Å². The van der Waals surface area contributed by atoms with Crippen molar-refractivity contribution in [3.8, 4) is 0 Å². The van der Waals surface area contributed by atoms with Gasteiger partial charge in [0.1, 0.15) is 10.7 Å². The largest absolute Gasteiger partial charge is 0.337 e. The molecule has 0 saturated heterocycles. The zero-order valence-corrected chi connectivity index (χ0v) is 13.2. The van der Waals surface area contributed by atoms with Crippen LogP contribution in [0.1, 0.15) is 11.5 Å². The molecule has 3 rings (SSSR count). The predicted molar refractivity (Wildman–Crippen MR) is 82.0 cm³/mol. The van der Waals surface area contributed by atoms with E-state index in [-0.39, 0.29) is 4.90 Å². The first-order valence-corrected chi connectivity index (χ1v) is 8.69. The number of benzene rings is 1. The van der Waals surface area contributed by atoms with Crippen molar-refractivity contribution in [2.45, 2.75) is 18.4 Å². The Morgan fingerprint density at radius 1 is 1.29 bits per heavy atom. The van der Waals surface area contributed by atoms with E-state index in [1.54, 1.807) is 25.3 Å². The third-order valence-electron chi connectivity index (χ3n) is 3.64. The fourth-order valence-corrected chi connectivity index (χ4v) is 4.08. The van der Waals surface area contributed by atoms with Gasteiger partial charge in [-0.25, -0.2) is 13.4 Å². The van der Waals surface area contributed by atoms with Gasteiger partial charge in [0.15, 0.2) is 0 Å². The lowest BCUT2D eigenvalue weighted by Crippen LogP contribution is -2.07. The number of rotatable bonds is 3. The van der Waals surface area contributed by atoms with E-state index in [1.165, 1.54) is 0 Å². The van der Waals surface area contributed by atoms with Gasteiger partial charge in [0.25, 0.3) is 9.05 Å². The van der Waals surface area contributed by atoms with Crippen LogP contribution in [0.25, 0.3) is 10.9 Å². The van der Waals surface area contributed by atoms with Gasteiger partial charge < -0.3 is 9.13 Å². The normalized spacial score (nSPS) is 12.1.